The molecule has 1 amide bonds. The van der Waals surface area contributed by atoms with Gasteiger partial charge in [-0.3, -0.25) is 4.79 Å². The fraction of sp³-hybridized carbons (Fsp3) is 0.321. The van der Waals surface area contributed by atoms with Crippen LogP contribution in [0, 0.1) is 13.8 Å². The number of benzene rings is 3. The molecule has 0 unspecified atom stereocenters. The van der Waals surface area contributed by atoms with Crippen LogP contribution in [0.4, 0.5) is 11.4 Å². The molecule has 188 valence electrons. The number of aryl methyl sites for hydroxylation is 2. The van der Waals surface area contributed by atoms with Crippen LogP contribution in [-0.4, -0.2) is 69.0 Å². The summed E-state index contributed by atoms with van der Waals surface area (Å²) in [6.45, 7) is 7.19. The second-order valence-electron chi connectivity index (χ2n) is 9.52. The maximum absolute atomic E-state index is 13.8. The second kappa shape index (κ2) is 9.95. The van der Waals surface area contributed by atoms with E-state index in [1.54, 1.807) is 30.3 Å². The van der Waals surface area contributed by atoms with Crippen molar-refractivity contribution in [3.63, 3.8) is 0 Å². The molecular formula is C28H32N4O3S. The first-order valence-electron chi connectivity index (χ1n) is 12.3. The zero-order chi connectivity index (χ0) is 25.3. The van der Waals surface area contributed by atoms with Crippen molar-refractivity contribution < 1.29 is 13.2 Å². The first-order valence-corrected chi connectivity index (χ1v) is 13.8. The summed E-state index contributed by atoms with van der Waals surface area (Å²) in [5.74, 6) is -0.0229. The van der Waals surface area contributed by atoms with Crippen molar-refractivity contribution in [3.05, 3.63) is 90.0 Å². The van der Waals surface area contributed by atoms with Gasteiger partial charge in [-0.2, -0.15) is 4.31 Å². The van der Waals surface area contributed by atoms with Crippen LogP contribution >= 0.6 is 0 Å². The Balaban J connectivity index is 1.35. The van der Waals surface area contributed by atoms with Crippen LogP contribution in [0.5, 0.6) is 0 Å². The van der Waals surface area contributed by atoms with E-state index in [0.29, 0.717) is 13.1 Å². The van der Waals surface area contributed by atoms with Gasteiger partial charge in [0.25, 0.3) is 0 Å². The third-order valence-electron chi connectivity index (χ3n) is 7.11. The van der Waals surface area contributed by atoms with Gasteiger partial charge >= 0.3 is 0 Å². The van der Waals surface area contributed by atoms with Gasteiger partial charge in [0.05, 0.1) is 11.6 Å². The predicted octanol–water partition coefficient (Wildman–Crippen LogP) is 3.49. The molecule has 0 bridgehead atoms. The smallest absolute Gasteiger partial charge is 0.246 e. The van der Waals surface area contributed by atoms with Crippen LogP contribution in [0.25, 0.3) is 0 Å². The molecule has 3 aromatic carbocycles. The summed E-state index contributed by atoms with van der Waals surface area (Å²) in [6, 6.07) is 23.9. The Hall–Kier alpha value is -3.36. The predicted molar refractivity (Wildman–Crippen MR) is 143 cm³/mol. The van der Waals surface area contributed by atoms with Gasteiger partial charge < -0.3 is 14.7 Å². The maximum atomic E-state index is 13.8. The number of carbonyl (C=O) groups is 1. The minimum Gasteiger partial charge on any atom is -0.368 e. The van der Waals surface area contributed by atoms with E-state index in [2.05, 4.69) is 36.9 Å². The molecule has 2 saturated heterocycles. The Kier molecular flexibility index (Phi) is 6.73. The topological polar surface area (TPSA) is 64.2 Å². The second-order valence-corrected chi connectivity index (χ2v) is 11.5. The third kappa shape index (κ3) is 4.70. The number of sulfonamides is 1. The standard InChI is InChI=1S/C28H32N4O3S/c1-22-13-14-23(2)26(19-22)29-15-17-30(18-16-29)28(33)27-20-31(21-32(27)24-9-5-3-6-10-24)36(34,35)25-11-7-4-8-12-25/h3-14,19,27H,15-18,20-21H2,1-2H3/t27-/m0/s1. The number of amides is 1. The molecule has 0 aromatic heterocycles. The van der Waals surface area contributed by atoms with E-state index in [1.807, 2.05) is 40.1 Å². The summed E-state index contributed by atoms with van der Waals surface area (Å²) in [4.78, 5) is 20.2. The lowest BCUT2D eigenvalue weighted by Gasteiger charge is -2.39. The molecule has 5 rings (SSSR count). The number of carbonyl (C=O) groups excluding carboxylic acids is 1. The molecule has 0 spiro atoms. The molecule has 7 nitrogen and oxygen atoms in total. The highest BCUT2D eigenvalue weighted by Crippen LogP contribution is 2.29. The average molecular weight is 505 g/mol. The third-order valence-corrected chi connectivity index (χ3v) is 8.93. The van der Waals surface area contributed by atoms with Crippen molar-refractivity contribution in [1.82, 2.24) is 9.21 Å². The minimum absolute atomic E-state index is 0.0229. The van der Waals surface area contributed by atoms with Crippen molar-refractivity contribution in [2.45, 2.75) is 24.8 Å². The Morgan fingerprint density at radius 1 is 0.833 bits per heavy atom. The molecule has 2 aliphatic rings. The van der Waals surface area contributed by atoms with Crippen molar-refractivity contribution in [2.24, 2.45) is 0 Å². The van der Waals surface area contributed by atoms with Gasteiger partial charge in [0.15, 0.2) is 0 Å². The summed E-state index contributed by atoms with van der Waals surface area (Å²) in [5, 5.41) is 0. The van der Waals surface area contributed by atoms with Gasteiger partial charge in [-0.25, -0.2) is 8.42 Å². The van der Waals surface area contributed by atoms with Crippen molar-refractivity contribution in [1.29, 1.82) is 0 Å². The largest absolute Gasteiger partial charge is 0.368 e. The van der Waals surface area contributed by atoms with Crippen LogP contribution in [0.15, 0.2) is 83.8 Å². The Morgan fingerprint density at radius 2 is 1.47 bits per heavy atom. The molecule has 8 heteroatoms. The van der Waals surface area contributed by atoms with Gasteiger partial charge in [-0.1, -0.05) is 48.5 Å². The maximum Gasteiger partial charge on any atom is 0.246 e. The van der Waals surface area contributed by atoms with Crippen LogP contribution in [0.2, 0.25) is 0 Å². The van der Waals surface area contributed by atoms with Crippen LogP contribution in [-0.2, 0) is 14.8 Å². The number of rotatable bonds is 5. The summed E-state index contributed by atoms with van der Waals surface area (Å²) >= 11 is 0. The fourth-order valence-corrected chi connectivity index (χ4v) is 6.48. The molecule has 36 heavy (non-hydrogen) atoms. The lowest BCUT2D eigenvalue weighted by Crippen LogP contribution is -2.54. The van der Waals surface area contributed by atoms with Crippen LogP contribution in [0.3, 0.4) is 0 Å². The molecule has 0 aliphatic carbocycles. The van der Waals surface area contributed by atoms with Gasteiger partial charge in [0, 0.05) is 44.1 Å². The average Bonchev–Trinajstić information content (AvgIpc) is 3.37. The van der Waals surface area contributed by atoms with E-state index in [-0.39, 0.29) is 24.0 Å². The molecule has 0 saturated carbocycles. The van der Waals surface area contributed by atoms with Crippen LogP contribution in [0.1, 0.15) is 11.1 Å². The lowest BCUT2D eigenvalue weighted by atomic mass is 10.1. The summed E-state index contributed by atoms with van der Waals surface area (Å²) in [6.07, 6.45) is 0. The quantitative estimate of drug-likeness (QED) is 0.532. The number of nitrogens with zero attached hydrogens (tertiary/aromatic N) is 4. The molecule has 0 N–H and O–H groups in total. The lowest BCUT2D eigenvalue weighted by molar-refractivity contribution is -0.132. The first-order chi connectivity index (χ1) is 17.3. The molecular weight excluding hydrogens is 472 g/mol. The molecule has 0 radical (unpaired) electrons. The van der Waals surface area contributed by atoms with E-state index >= 15 is 0 Å². The highest BCUT2D eigenvalue weighted by atomic mass is 32.2. The number of anilines is 2. The highest BCUT2D eigenvalue weighted by Gasteiger charge is 2.43. The number of para-hydroxylation sites is 1. The Morgan fingerprint density at radius 3 is 2.14 bits per heavy atom. The van der Waals surface area contributed by atoms with Crippen molar-refractivity contribution in [2.75, 3.05) is 49.2 Å². The Labute approximate surface area is 213 Å². The fourth-order valence-electron chi connectivity index (χ4n) is 5.06. The van der Waals surface area contributed by atoms with Crippen molar-refractivity contribution >= 4 is 27.3 Å². The monoisotopic (exact) mass is 504 g/mol. The zero-order valence-electron chi connectivity index (χ0n) is 20.7. The van der Waals surface area contributed by atoms with E-state index in [1.165, 1.54) is 21.1 Å². The first kappa shape index (κ1) is 24.3. The molecule has 3 aromatic rings. The molecule has 2 heterocycles. The highest BCUT2D eigenvalue weighted by molar-refractivity contribution is 7.89. The number of hydrogen-bond acceptors (Lipinski definition) is 5. The summed E-state index contributed by atoms with van der Waals surface area (Å²) in [5.41, 5.74) is 4.51. The molecule has 2 aliphatic heterocycles. The minimum atomic E-state index is -3.72. The van der Waals surface area contributed by atoms with Gasteiger partial charge in [-0.05, 0) is 55.3 Å². The molecule has 1 atom stereocenters. The number of hydrogen-bond donors (Lipinski definition) is 0. The van der Waals surface area contributed by atoms with E-state index in [4.69, 9.17) is 0 Å². The zero-order valence-corrected chi connectivity index (χ0v) is 21.6. The van der Waals surface area contributed by atoms with Crippen molar-refractivity contribution in [3.8, 4) is 0 Å². The number of piperazine rings is 1. The van der Waals surface area contributed by atoms with Gasteiger partial charge in [-0.15, -0.1) is 0 Å². The molecule has 2 fully saturated rings. The summed E-state index contributed by atoms with van der Waals surface area (Å²) < 4.78 is 28.2. The Bertz CT molecular complexity index is 1320. The normalized spacial score (nSPS) is 19.1. The van der Waals surface area contributed by atoms with E-state index in [0.717, 1.165) is 18.8 Å². The van der Waals surface area contributed by atoms with Gasteiger partial charge in [0.1, 0.15) is 6.04 Å². The van der Waals surface area contributed by atoms with E-state index < -0.39 is 16.1 Å². The van der Waals surface area contributed by atoms with Crippen LogP contribution < -0.4 is 9.80 Å². The van der Waals surface area contributed by atoms with E-state index in [9.17, 15) is 13.2 Å². The summed E-state index contributed by atoms with van der Waals surface area (Å²) in [7, 11) is -3.72. The van der Waals surface area contributed by atoms with Gasteiger partial charge in [0.2, 0.25) is 15.9 Å². The SMILES string of the molecule is Cc1ccc(C)c(N2CCN(C(=O)[C@@H]3CN(S(=O)(=O)c4ccccc4)CN3c3ccccc3)CC2)c1.